The van der Waals surface area contributed by atoms with Gasteiger partial charge in [-0.05, 0) is 56.1 Å². The van der Waals surface area contributed by atoms with Crippen LogP contribution in [-0.2, 0) is 13.1 Å². The lowest BCUT2D eigenvalue weighted by Crippen LogP contribution is -2.31. The number of likely N-dealkylation sites (tertiary alicyclic amines) is 1. The number of fused-ring (bicyclic) bond motifs is 1. The lowest BCUT2D eigenvalue weighted by Gasteiger charge is -2.23. The van der Waals surface area contributed by atoms with Gasteiger partial charge in [0.25, 0.3) is 5.91 Å². The second-order valence-corrected chi connectivity index (χ2v) is 8.53. The first-order valence-electron chi connectivity index (χ1n) is 11.7. The van der Waals surface area contributed by atoms with Gasteiger partial charge in [0.05, 0.1) is 17.3 Å². The topological polar surface area (TPSA) is 53.7 Å². The Labute approximate surface area is 194 Å². The van der Waals surface area contributed by atoms with Gasteiger partial charge in [0.1, 0.15) is 5.82 Å². The van der Waals surface area contributed by atoms with Crippen molar-refractivity contribution in [1.29, 1.82) is 0 Å². The molecule has 3 aromatic heterocycles. The standard InChI is InChI=1S/C27H29N5O/c1-2-30(19-21-11-4-3-5-12-21)27(33)25-23-14-7-9-18-32(23)26(29-25)24-15-10-17-31(24)20-22-13-6-8-16-28-22/h3-9,11-14,16,18,24H,2,10,15,17,19-20H2,1H3/t24-/m0/s1. The molecule has 168 valence electrons. The smallest absolute Gasteiger partial charge is 0.275 e. The van der Waals surface area contributed by atoms with Gasteiger partial charge in [-0.25, -0.2) is 4.98 Å². The summed E-state index contributed by atoms with van der Waals surface area (Å²) < 4.78 is 2.10. The molecule has 6 heteroatoms. The Kier molecular flexibility index (Phi) is 6.17. The number of carbonyl (C=O) groups excluding carboxylic acids is 1. The highest BCUT2D eigenvalue weighted by molar-refractivity contribution is 5.99. The van der Waals surface area contributed by atoms with Crippen LogP contribution in [0.5, 0.6) is 0 Å². The molecule has 4 aromatic rings. The maximum atomic E-state index is 13.6. The fraction of sp³-hybridized carbons (Fsp3) is 0.296. The zero-order valence-corrected chi connectivity index (χ0v) is 19.0. The first-order valence-corrected chi connectivity index (χ1v) is 11.7. The number of nitrogens with zero attached hydrogens (tertiary/aromatic N) is 5. The number of pyridine rings is 2. The molecule has 1 amide bonds. The molecule has 0 spiro atoms. The summed E-state index contributed by atoms with van der Waals surface area (Å²) in [4.78, 5) is 27.4. The predicted octanol–water partition coefficient (Wildman–Crippen LogP) is 4.73. The molecule has 5 rings (SSSR count). The zero-order valence-electron chi connectivity index (χ0n) is 19.0. The lowest BCUT2D eigenvalue weighted by molar-refractivity contribution is 0.0749. The summed E-state index contributed by atoms with van der Waals surface area (Å²) >= 11 is 0. The van der Waals surface area contributed by atoms with Crippen molar-refractivity contribution in [1.82, 2.24) is 24.2 Å². The van der Waals surface area contributed by atoms with Crippen molar-refractivity contribution in [3.63, 3.8) is 0 Å². The molecule has 1 aliphatic heterocycles. The van der Waals surface area contributed by atoms with Gasteiger partial charge >= 0.3 is 0 Å². The predicted molar refractivity (Wildman–Crippen MR) is 129 cm³/mol. The van der Waals surface area contributed by atoms with Crippen molar-refractivity contribution in [2.24, 2.45) is 0 Å². The molecule has 1 aromatic carbocycles. The first-order chi connectivity index (χ1) is 16.2. The van der Waals surface area contributed by atoms with E-state index in [1.807, 2.05) is 72.7 Å². The SMILES string of the molecule is CCN(Cc1ccccc1)C(=O)c1nc([C@@H]2CCCN2Cc2ccccn2)n2ccccc12. The zero-order chi connectivity index (χ0) is 22.6. The molecule has 4 heterocycles. The van der Waals surface area contributed by atoms with E-state index in [0.29, 0.717) is 18.8 Å². The van der Waals surface area contributed by atoms with Crippen LogP contribution in [0.15, 0.2) is 79.1 Å². The van der Waals surface area contributed by atoms with Crippen molar-refractivity contribution in [2.75, 3.05) is 13.1 Å². The molecular weight excluding hydrogens is 410 g/mol. The number of benzene rings is 1. The van der Waals surface area contributed by atoms with Gasteiger partial charge in [-0.3, -0.25) is 14.7 Å². The summed E-state index contributed by atoms with van der Waals surface area (Å²) in [6.45, 7) is 5.01. The number of amides is 1. The molecule has 1 saturated heterocycles. The Morgan fingerprint density at radius 2 is 1.88 bits per heavy atom. The van der Waals surface area contributed by atoms with Crippen molar-refractivity contribution in [2.45, 2.75) is 38.9 Å². The van der Waals surface area contributed by atoms with Gasteiger partial charge in [-0.15, -0.1) is 0 Å². The Balaban J connectivity index is 1.47. The maximum Gasteiger partial charge on any atom is 0.275 e. The third-order valence-corrected chi connectivity index (χ3v) is 6.42. The molecule has 6 nitrogen and oxygen atoms in total. The second kappa shape index (κ2) is 9.55. The van der Waals surface area contributed by atoms with Crippen LogP contribution in [0.3, 0.4) is 0 Å². The normalized spacial score (nSPS) is 16.3. The van der Waals surface area contributed by atoms with Gasteiger partial charge in [-0.2, -0.15) is 0 Å². The lowest BCUT2D eigenvalue weighted by atomic mass is 10.2. The summed E-state index contributed by atoms with van der Waals surface area (Å²) in [7, 11) is 0. The third-order valence-electron chi connectivity index (χ3n) is 6.42. The number of aromatic nitrogens is 3. The van der Waals surface area contributed by atoms with Gasteiger partial charge in [0.15, 0.2) is 5.69 Å². The number of hydrogen-bond donors (Lipinski definition) is 0. The third kappa shape index (κ3) is 4.39. The number of imidazole rings is 1. The number of rotatable bonds is 7. The molecule has 33 heavy (non-hydrogen) atoms. The van der Waals surface area contributed by atoms with E-state index in [9.17, 15) is 4.79 Å². The van der Waals surface area contributed by atoms with Gasteiger partial charge in [-0.1, -0.05) is 42.5 Å². The highest BCUT2D eigenvalue weighted by Gasteiger charge is 2.32. The Morgan fingerprint density at radius 1 is 1.06 bits per heavy atom. The van der Waals surface area contributed by atoms with Crippen LogP contribution in [0.2, 0.25) is 0 Å². The van der Waals surface area contributed by atoms with E-state index in [1.54, 1.807) is 0 Å². The summed E-state index contributed by atoms with van der Waals surface area (Å²) in [5.41, 5.74) is 3.58. The molecule has 1 fully saturated rings. The van der Waals surface area contributed by atoms with Gasteiger partial charge in [0, 0.05) is 32.0 Å². The molecule has 0 radical (unpaired) electrons. The fourth-order valence-electron chi connectivity index (χ4n) is 4.74. The van der Waals surface area contributed by atoms with E-state index in [4.69, 9.17) is 4.98 Å². The highest BCUT2D eigenvalue weighted by atomic mass is 16.2. The quantitative estimate of drug-likeness (QED) is 0.418. The van der Waals surface area contributed by atoms with E-state index >= 15 is 0 Å². The summed E-state index contributed by atoms with van der Waals surface area (Å²) in [5.74, 6) is 0.920. The maximum absolute atomic E-state index is 13.6. The van der Waals surface area contributed by atoms with Crippen LogP contribution < -0.4 is 0 Å². The van der Waals surface area contributed by atoms with E-state index in [-0.39, 0.29) is 11.9 Å². The fourth-order valence-corrected chi connectivity index (χ4v) is 4.74. The van der Waals surface area contributed by atoms with E-state index in [1.165, 1.54) is 0 Å². The molecule has 1 atom stereocenters. The molecule has 0 unspecified atom stereocenters. The van der Waals surface area contributed by atoms with Crippen molar-refractivity contribution in [3.05, 3.63) is 102 Å². The first kappa shape index (κ1) is 21.3. The Bertz CT molecular complexity index is 1220. The average Bonchev–Trinajstić information content (AvgIpc) is 3.48. The molecule has 0 N–H and O–H groups in total. The molecule has 1 aliphatic rings. The van der Waals surface area contributed by atoms with Crippen molar-refractivity contribution in [3.8, 4) is 0 Å². The minimum absolute atomic E-state index is 0.0226. The molecular formula is C27H29N5O. The van der Waals surface area contributed by atoms with Crippen LogP contribution in [0.4, 0.5) is 0 Å². The summed E-state index contributed by atoms with van der Waals surface area (Å²) in [6, 6.07) is 22.3. The monoisotopic (exact) mass is 439 g/mol. The van der Waals surface area contributed by atoms with Gasteiger partial charge < -0.3 is 9.30 Å². The van der Waals surface area contributed by atoms with Gasteiger partial charge in [0.2, 0.25) is 0 Å². The van der Waals surface area contributed by atoms with E-state index in [2.05, 4.69) is 32.5 Å². The minimum Gasteiger partial charge on any atom is -0.333 e. The van der Waals surface area contributed by atoms with Crippen LogP contribution >= 0.6 is 0 Å². The second-order valence-electron chi connectivity index (χ2n) is 8.53. The van der Waals surface area contributed by atoms with Crippen molar-refractivity contribution >= 4 is 11.4 Å². The van der Waals surface area contributed by atoms with Crippen LogP contribution in [0.25, 0.3) is 5.52 Å². The molecule has 0 aliphatic carbocycles. The van der Waals surface area contributed by atoms with Crippen LogP contribution in [-0.4, -0.2) is 43.2 Å². The molecule has 0 saturated carbocycles. The Hall–Kier alpha value is -3.51. The summed E-state index contributed by atoms with van der Waals surface area (Å²) in [6.07, 6.45) is 6.00. The van der Waals surface area contributed by atoms with Crippen LogP contribution in [0, 0.1) is 0 Å². The Morgan fingerprint density at radius 3 is 2.67 bits per heavy atom. The summed E-state index contributed by atoms with van der Waals surface area (Å²) in [5, 5.41) is 0. The van der Waals surface area contributed by atoms with E-state index in [0.717, 1.165) is 48.5 Å². The highest BCUT2D eigenvalue weighted by Crippen LogP contribution is 2.33. The van der Waals surface area contributed by atoms with Crippen molar-refractivity contribution < 1.29 is 4.79 Å². The average molecular weight is 440 g/mol. The van der Waals surface area contributed by atoms with E-state index < -0.39 is 0 Å². The number of carbonyl (C=O) groups is 1. The van der Waals surface area contributed by atoms with Crippen LogP contribution in [0.1, 0.15) is 53.4 Å². The number of hydrogen-bond acceptors (Lipinski definition) is 4. The molecule has 0 bridgehead atoms. The largest absolute Gasteiger partial charge is 0.333 e. The minimum atomic E-state index is -0.0226.